The number of benzene rings is 1. The summed E-state index contributed by atoms with van der Waals surface area (Å²) in [6.07, 6.45) is 0. The quantitative estimate of drug-likeness (QED) is 0.186. The van der Waals surface area contributed by atoms with Crippen molar-refractivity contribution >= 4 is 35.6 Å². The number of aliphatic imine (C=N–C) groups is 1. The van der Waals surface area contributed by atoms with Gasteiger partial charge in [0.2, 0.25) is 0 Å². The van der Waals surface area contributed by atoms with E-state index in [-0.39, 0.29) is 41.1 Å². The van der Waals surface area contributed by atoms with Crippen molar-refractivity contribution in [1.29, 1.82) is 0 Å². The Morgan fingerprint density at radius 3 is 2.57 bits per heavy atom. The molecule has 158 valence electrons. The van der Waals surface area contributed by atoms with Gasteiger partial charge in [0.15, 0.2) is 5.96 Å². The van der Waals surface area contributed by atoms with E-state index in [0.717, 1.165) is 39.4 Å². The van der Waals surface area contributed by atoms with Crippen molar-refractivity contribution in [1.82, 2.24) is 15.5 Å². The lowest BCUT2D eigenvalue weighted by molar-refractivity contribution is -0.385. The highest BCUT2D eigenvalue weighted by Crippen LogP contribution is 2.18. The zero-order valence-corrected chi connectivity index (χ0v) is 19.2. The summed E-state index contributed by atoms with van der Waals surface area (Å²) in [5.41, 5.74) is 0.707. The van der Waals surface area contributed by atoms with Crippen LogP contribution in [0.2, 0.25) is 0 Å². The number of guanidine groups is 1. The number of morpholine rings is 1. The summed E-state index contributed by atoms with van der Waals surface area (Å²) < 4.78 is 5.46. The molecule has 1 saturated heterocycles. The minimum atomic E-state index is -0.363. The smallest absolute Gasteiger partial charge is 0.274 e. The Hall–Kier alpha value is -1.46. The van der Waals surface area contributed by atoms with Crippen molar-refractivity contribution in [3.8, 4) is 0 Å². The molecular formula is C19H32IN5O3. The summed E-state index contributed by atoms with van der Waals surface area (Å²) in [5, 5.41) is 17.8. The highest BCUT2D eigenvalue weighted by atomic mass is 127. The van der Waals surface area contributed by atoms with Gasteiger partial charge in [-0.2, -0.15) is 0 Å². The van der Waals surface area contributed by atoms with E-state index in [1.165, 1.54) is 6.07 Å². The maximum Gasteiger partial charge on any atom is 0.274 e. The van der Waals surface area contributed by atoms with Gasteiger partial charge in [-0.25, -0.2) is 4.99 Å². The van der Waals surface area contributed by atoms with Crippen LogP contribution < -0.4 is 10.6 Å². The standard InChI is InChI=1S/C19H31N5O3.HI/c1-4-20-19(21-13-16-7-5-6-8-17(16)24(25)26)22-14-18(15(2)3)23-9-11-27-12-10-23;/h5-8,15,18H,4,9-14H2,1-3H3,(H2,20,21,22);1H. The van der Waals surface area contributed by atoms with Crippen molar-refractivity contribution in [3.05, 3.63) is 39.9 Å². The van der Waals surface area contributed by atoms with Crippen LogP contribution in [0.25, 0.3) is 0 Å². The van der Waals surface area contributed by atoms with Crippen LogP contribution in [-0.4, -0.2) is 61.2 Å². The third kappa shape index (κ3) is 7.51. The summed E-state index contributed by atoms with van der Waals surface area (Å²) in [4.78, 5) is 17.8. The lowest BCUT2D eigenvalue weighted by Gasteiger charge is -2.37. The van der Waals surface area contributed by atoms with Crippen molar-refractivity contribution in [2.75, 3.05) is 39.4 Å². The SMILES string of the molecule is CCNC(=NCc1ccccc1[N+](=O)[O-])NCC(C(C)C)N1CCOCC1.I. The second-order valence-electron chi connectivity index (χ2n) is 6.92. The fourth-order valence-corrected chi connectivity index (χ4v) is 3.23. The zero-order chi connectivity index (χ0) is 19.6. The van der Waals surface area contributed by atoms with Gasteiger partial charge >= 0.3 is 0 Å². The van der Waals surface area contributed by atoms with Crippen LogP contribution in [0.15, 0.2) is 29.3 Å². The third-order valence-corrected chi connectivity index (χ3v) is 4.70. The molecule has 1 aromatic rings. The van der Waals surface area contributed by atoms with Crippen LogP contribution in [0.1, 0.15) is 26.3 Å². The van der Waals surface area contributed by atoms with Crippen LogP contribution >= 0.6 is 24.0 Å². The van der Waals surface area contributed by atoms with E-state index in [1.807, 2.05) is 6.92 Å². The van der Waals surface area contributed by atoms with E-state index in [2.05, 4.69) is 34.4 Å². The second kappa shape index (κ2) is 12.9. The Morgan fingerprint density at radius 1 is 1.29 bits per heavy atom. The summed E-state index contributed by atoms with van der Waals surface area (Å²) in [6, 6.07) is 7.10. The maximum atomic E-state index is 11.2. The molecule has 1 atom stereocenters. The summed E-state index contributed by atoms with van der Waals surface area (Å²) >= 11 is 0. The number of nitrogens with one attached hydrogen (secondary N) is 2. The molecule has 1 fully saturated rings. The van der Waals surface area contributed by atoms with E-state index in [1.54, 1.807) is 18.2 Å². The Kier molecular flexibility index (Phi) is 11.3. The van der Waals surface area contributed by atoms with Crippen LogP contribution in [0.3, 0.4) is 0 Å². The van der Waals surface area contributed by atoms with E-state index >= 15 is 0 Å². The monoisotopic (exact) mass is 505 g/mol. The molecule has 28 heavy (non-hydrogen) atoms. The average Bonchev–Trinajstić information content (AvgIpc) is 2.67. The van der Waals surface area contributed by atoms with Gasteiger partial charge in [0, 0.05) is 38.3 Å². The van der Waals surface area contributed by atoms with Crippen LogP contribution in [-0.2, 0) is 11.3 Å². The number of para-hydroxylation sites is 1. The number of halogens is 1. The highest BCUT2D eigenvalue weighted by Gasteiger charge is 2.24. The van der Waals surface area contributed by atoms with Crippen molar-refractivity contribution in [2.24, 2.45) is 10.9 Å². The Labute approximate surface area is 184 Å². The van der Waals surface area contributed by atoms with Crippen molar-refractivity contribution in [2.45, 2.75) is 33.4 Å². The molecule has 0 aromatic heterocycles. The first-order valence-corrected chi connectivity index (χ1v) is 9.59. The molecule has 2 N–H and O–H groups in total. The second-order valence-corrected chi connectivity index (χ2v) is 6.92. The molecule has 0 aliphatic carbocycles. The normalized spacial score (nSPS) is 16.4. The largest absolute Gasteiger partial charge is 0.379 e. The van der Waals surface area contributed by atoms with E-state index in [4.69, 9.17) is 4.74 Å². The van der Waals surface area contributed by atoms with Gasteiger partial charge in [-0.05, 0) is 12.8 Å². The molecule has 1 unspecified atom stereocenters. The predicted molar refractivity (Wildman–Crippen MR) is 122 cm³/mol. The van der Waals surface area contributed by atoms with Crippen LogP contribution in [0, 0.1) is 16.0 Å². The molecule has 2 rings (SSSR count). The number of ether oxygens (including phenoxy) is 1. The van der Waals surface area contributed by atoms with Gasteiger partial charge in [-0.3, -0.25) is 15.0 Å². The Bertz CT molecular complexity index is 636. The molecule has 1 heterocycles. The molecule has 9 heteroatoms. The number of nitro benzene ring substituents is 1. The van der Waals surface area contributed by atoms with E-state index in [9.17, 15) is 10.1 Å². The van der Waals surface area contributed by atoms with Crippen molar-refractivity contribution < 1.29 is 9.66 Å². The molecule has 1 aliphatic rings. The summed E-state index contributed by atoms with van der Waals surface area (Å²) in [7, 11) is 0. The summed E-state index contributed by atoms with van der Waals surface area (Å²) in [5.74, 6) is 1.17. The molecule has 0 saturated carbocycles. The number of hydrogen-bond donors (Lipinski definition) is 2. The minimum absolute atomic E-state index is 0. The molecule has 0 bridgehead atoms. The maximum absolute atomic E-state index is 11.2. The fraction of sp³-hybridized carbons (Fsp3) is 0.632. The molecule has 8 nitrogen and oxygen atoms in total. The van der Waals surface area contributed by atoms with Gasteiger partial charge in [0.1, 0.15) is 0 Å². The highest BCUT2D eigenvalue weighted by molar-refractivity contribution is 14.0. The predicted octanol–water partition coefficient (Wildman–Crippen LogP) is 2.62. The first kappa shape index (κ1) is 24.6. The van der Waals surface area contributed by atoms with Gasteiger partial charge in [-0.1, -0.05) is 32.0 Å². The van der Waals surface area contributed by atoms with Gasteiger partial charge in [0.25, 0.3) is 5.69 Å². The molecule has 0 amide bonds. The number of rotatable bonds is 8. The van der Waals surface area contributed by atoms with E-state index in [0.29, 0.717) is 23.5 Å². The number of nitrogens with zero attached hydrogens (tertiary/aromatic N) is 3. The average molecular weight is 505 g/mol. The summed E-state index contributed by atoms with van der Waals surface area (Å²) in [6.45, 7) is 11.6. The van der Waals surface area contributed by atoms with Crippen LogP contribution in [0.5, 0.6) is 0 Å². The number of nitro groups is 1. The lowest BCUT2D eigenvalue weighted by Crippen LogP contribution is -2.52. The van der Waals surface area contributed by atoms with Crippen LogP contribution in [0.4, 0.5) is 5.69 Å². The fourth-order valence-electron chi connectivity index (χ4n) is 3.23. The van der Waals surface area contributed by atoms with E-state index < -0.39 is 0 Å². The Morgan fingerprint density at radius 2 is 1.96 bits per heavy atom. The van der Waals surface area contributed by atoms with Gasteiger partial charge in [-0.15, -0.1) is 24.0 Å². The minimum Gasteiger partial charge on any atom is -0.379 e. The molecule has 1 aliphatic heterocycles. The third-order valence-electron chi connectivity index (χ3n) is 4.70. The van der Waals surface area contributed by atoms with Gasteiger partial charge in [0.05, 0.1) is 30.2 Å². The first-order valence-electron chi connectivity index (χ1n) is 9.59. The Balaban J connectivity index is 0.00000392. The first-order chi connectivity index (χ1) is 13.0. The molecule has 1 aromatic carbocycles. The van der Waals surface area contributed by atoms with Crippen molar-refractivity contribution in [3.63, 3.8) is 0 Å². The molecule has 0 radical (unpaired) electrons. The van der Waals surface area contributed by atoms with Gasteiger partial charge < -0.3 is 15.4 Å². The zero-order valence-electron chi connectivity index (χ0n) is 16.9. The lowest BCUT2D eigenvalue weighted by atomic mass is 10.0. The molecular weight excluding hydrogens is 473 g/mol. The molecule has 0 spiro atoms. The number of hydrogen-bond acceptors (Lipinski definition) is 5. The topological polar surface area (TPSA) is 92.0 Å².